The quantitative estimate of drug-likeness (QED) is 0.816. The van der Waals surface area contributed by atoms with Gasteiger partial charge in [-0.05, 0) is 43.9 Å². The highest BCUT2D eigenvalue weighted by Crippen LogP contribution is 2.52. The number of rotatable bonds is 5. The van der Waals surface area contributed by atoms with Crippen LogP contribution in [0.25, 0.3) is 0 Å². The van der Waals surface area contributed by atoms with Crippen LogP contribution in [0.2, 0.25) is 0 Å². The van der Waals surface area contributed by atoms with E-state index in [0.29, 0.717) is 13.1 Å². The molecule has 24 heavy (non-hydrogen) atoms. The summed E-state index contributed by atoms with van der Waals surface area (Å²) in [6, 6.07) is 0. The van der Waals surface area contributed by atoms with Crippen molar-refractivity contribution >= 4 is 10.0 Å². The molecular formula is C17H28N4O2S. The molecule has 134 valence electrons. The molecule has 1 aliphatic heterocycles. The molecule has 0 radical (unpaired) electrons. The summed E-state index contributed by atoms with van der Waals surface area (Å²) in [5, 5.41) is 8.64. The van der Waals surface area contributed by atoms with Crippen LogP contribution in [0, 0.1) is 11.3 Å². The molecule has 1 saturated heterocycles. The van der Waals surface area contributed by atoms with Crippen LogP contribution in [0.3, 0.4) is 0 Å². The van der Waals surface area contributed by atoms with E-state index in [-0.39, 0.29) is 17.1 Å². The summed E-state index contributed by atoms with van der Waals surface area (Å²) >= 11 is 0. The molecule has 2 heterocycles. The molecule has 0 bridgehead atoms. The Balaban J connectivity index is 1.67. The van der Waals surface area contributed by atoms with Crippen molar-refractivity contribution in [2.24, 2.45) is 11.3 Å². The summed E-state index contributed by atoms with van der Waals surface area (Å²) in [5.41, 5.74) is 0.0643. The van der Waals surface area contributed by atoms with E-state index in [9.17, 15) is 8.42 Å². The standard InChI is InChI=1S/C17H28N4O2S/c1-2-24(22,23)21-11-15(17(12-21)8-4-3-5-9-17)16-19-18-13-20(16)10-14-6-7-14/h13-15H,2-12H2,1H3. The first-order valence-corrected chi connectivity index (χ1v) is 11.0. The third kappa shape index (κ3) is 2.90. The lowest BCUT2D eigenvalue weighted by atomic mass is 9.67. The molecule has 0 N–H and O–H groups in total. The van der Waals surface area contributed by atoms with Crippen molar-refractivity contribution in [1.29, 1.82) is 0 Å². The predicted molar refractivity (Wildman–Crippen MR) is 92.0 cm³/mol. The first-order chi connectivity index (χ1) is 11.5. The summed E-state index contributed by atoms with van der Waals surface area (Å²) in [6.45, 7) is 3.99. The van der Waals surface area contributed by atoms with E-state index in [1.807, 2.05) is 6.33 Å². The number of sulfonamides is 1. The van der Waals surface area contributed by atoms with Crippen LogP contribution in [0.15, 0.2) is 6.33 Å². The third-order valence-corrected chi connectivity index (χ3v) is 8.13. The van der Waals surface area contributed by atoms with Gasteiger partial charge in [0.15, 0.2) is 0 Å². The fourth-order valence-electron chi connectivity index (χ4n) is 4.69. The summed E-state index contributed by atoms with van der Waals surface area (Å²) in [5.74, 6) is 2.17. The van der Waals surface area contributed by atoms with E-state index in [1.165, 1.54) is 32.1 Å². The van der Waals surface area contributed by atoms with Gasteiger partial charge in [0, 0.05) is 25.6 Å². The Hall–Kier alpha value is -0.950. The molecule has 3 fully saturated rings. The third-order valence-electron chi connectivity index (χ3n) is 6.33. The Labute approximate surface area is 144 Å². The maximum absolute atomic E-state index is 12.5. The average Bonchev–Trinajstić information content (AvgIpc) is 3.16. The van der Waals surface area contributed by atoms with Gasteiger partial charge in [-0.15, -0.1) is 10.2 Å². The summed E-state index contributed by atoms with van der Waals surface area (Å²) in [6.07, 6.45) is 10.3. The van der Waals surface area contributed by atoms with Gasteiger partial charge in [0.05, 0.1) is 5.75 Å². The lowest BCUT2D eigenvalue weighted by Crippen LogP contribution is -2.35. The van der Waals surface area contributed by atoms with Crippen LogP contribution in [0.4, 0.5) is 0 Å². The Morgan fingerprint density at radius 3 is 2.67 bits per heavy atom. The molecule has 2 saturated carbocycles. The second-order valence-corrected chi connectivity index (χ2v) is 10.2. The summed E-state index contributed by atoms with van der Waals surface area (Å²) < 4.78 is 28.9. The molecular weight excluding hydrogens is 324 g/mol. The Kier molecular flexibility index (Phi) is 4.19. The van der Waals surface area contributed by atoms with Crippen LogP contribution in [-0.4, -0.2) is 46.3 Å². The largest absolute Gasteiger partial charge is 0.317 e. The average molecular weight is 353 g/mol. The fraction of sp³-hybridized carbons (Fsp3) is 0.882. The van der Waals surface area contributed by atoms with Gasteiger partial charge in [0.25, 0.3) is 0 Å². The van der Waals surface area contributed by atoms with Gasteiger partial charge in [-0.2, -0.15) is 0 Å². The van der Waals surface area contributed by atoms with Crippen molar-refractivity contribution < 1.29 is 8.42 Å². The summed E-state index contributed by atoms with van der Waals surface area (Å²) in [4.78, 5) is 0. The van der Waals surface area contributed by atoms with Crippen LogP contribution >= 0.6 is 0 Å². The maximum Gasteiger partial charge on any atom is 0.213 e. The molecule has 0 aromatic carbocycles. The topological polar surface area (TPSA) is 68.1 Å². The molecule has 4 rings (SSSR count). The van der Waals surface area contributed by atoms with Gasteiger partial charge in [-0.25, -0.2) is 12.7 Å². The van der Waals surface area contributed by atoms with Gasteiger partial charge < -0.3 is 4.57 Å². The highest BCUT2D eigenvalue weighted by Gasteiger charge is 2.52. The predicted octanol–water partition coefficient (Wildman–Crippen LogP) is 2.39. The van der Waals surface area contributed by atoms with E-state index in [2.05, 4.69) is 14.8 Å². The zero-order chi connectivity index (χ0) is 16.8. The van der Waals surface area contributed by atoms with E-state index in [4.69, 9.17) is 0 Å². The highest BCUT2D eigenvalue weighted by molar-refractivity contribution is 7.89. The molecule has 3 aliphatic rings. The fourth-order valence-corrected chi connectivity index (χ4v) is 5.88. The maximum atomic E-state index is 12.5. The van der Waals surface area contributed by atoms with Crippen molar-refractivity contribution in [2.75, 3.05) is 18.8 Å². The molecule has 1 aromatic rings. The number of hydrogen-bond acceptors (Lipinski definition) is 4. The van der Waals surface area contributed by atoms with Crippen molar-refractivity contribution in [2.45, 2.75) is 64.3 Å². The number of aromatic nitrogens is 3. The molecule has 2 aliphatic carbocycles. The number of nitrogens with zero attached hydrogens (tertiary/aromatic N) is 4. The molecule has 6 nitrogen and oxygen atoms in total. The first kappa shape index (κ1) is 16.5. The van der Waals surface area contributed by atoms with E-state index < -0.39 is 10.0 Å². The van der Waals surface area contributed by atoms with Crippen LogP contribution in [-0.2, 0) is 16.6 Å². The van der Waals surface area contributed by atoms with Gasteiger partial charge in [0.1, 0.15) is 12.2 Å². The van der Waals surface area contributed by atoms with Gasteiger partial charge >= 0.3 is 0 Å². The first-order valence-electron chi connectivity index (χ1n) is 9.39. The smallest absolute Gasteiger partial charge is 0.213 e. The normalized spacial score (nSPS) is 27.8. The molecule has 1 atom stereocenters. The summed E-state index contributed by atoms with van der Waals surface area (Å²) in [7, 11) is -3.14. The molecule has 1 aromatic heterocycles. The van der Waals surface area contributed by atoms with Gasteiger partial charge in [0.2, 0.25) is 10.0 Å². The van der Waals surface area contributed by atoms with Gasteiger partial charge in [-0.1, -0.05) is 19.3 Å². The highest BCUT2D eigenvalue weighted by atomic mass is 32.2. The zero-order valence-corrected chi connectivity index (χ0v) is 15.3. The minimum atomic E-state index is -3.14. The zero-order valence-electron chi connectivity index (χ0n) is 14.5. The van der Waals surface area contributed by atoms with Gasteiger partial charge in [-0.3, -0.25) is 0 Å². The Bertz CT molecular complexity index is 689. The molecule has 1 spiro atoms. The molecule has 0 amide bonds. The van der Waals surface area contributed by atoms with E-state index in [0.717, 1.165) is 31.1 Å². The van der Waals surface area contributed by atoms with Crippen LogP contribution in [0.1, 0.15) is 63.6 Å². The molecule has 1 unspecified atom stereocenters. The van der Waals surface area contributed by atoms with Crippen LogP contribution in [0.5, 0.6) is 0 Å². The van der Waals surface area contributed by atoms with Crippen molar-refractivity contribution in [3.05, 3.63) is 12.2 Å². The monoisotopic (exact) mass is 352 g/mol. The van der Waals surface area contributed by atoms with Crippen molar-refractivity contribution in [3.63, 3.8) is 0 Å². The van der Waals surface area contributed by atoms with E-state index in [1.54, 1.807) is 11.2 Å². The lowest BCUT2D eigenvalue weighted by molar-refractivity contribution is 0.176. The Morgan fingerprint density at radius 1 is 1.25 bits per heavy atom. The van der Waals surface area contributed by atoms with Crippen molar-refractivity contribution in [3.8, 4) is 0 Å². The SMILES string of the molecule is CCS(=O)(=O)N1CC(c2nncn2CC2CC2)C2(CCCCC2)C1. The van der Waals surface area contributed by atoms with E-state index >= 15 is 0 Å². The lowest BCUT2D eigenvalue weighted by Gasteiger charge is -2.37. The number of hydrogen-bond donors (Lipinski definition) is 0. The minimum absolute atomic E-state index is 0.0643. The second-order valence-electron chi connectivity index (χ2n) is 7.95. The van der Waals surface area contributed by atoms with Crippen molar-refractivity contribution in [1.82, 2.24) is 19.1 Å². The minimum Gasteiger partial charge on any atom is -0.317 e. The molecule has 7 heteroatoms. The second kappa shape index (κ2) is 6.09. The Morgan fingerprint density at radius 2 is 2.00 bits per heavy atom. The van der Waals surface area contributed by atoms with Crippen LogP contribution < -0.4 is 0 Å².